The number of hydrogen-bond donors (Lipinski definition) is 2. The van der Waals surface area contributed by atoms with Crippen molar-refractivity contribution in [3.8, 4) is 11.4 Å². The largest absolute Gasteiger partial charge is 0.382 e. The molecule has 2 aromatic heterocycles. The SMILES string of the molecule is CCOCCCn1c(S[C@H](C)C(=O)NCC(=O)Nc2c(C)cccc2C)nnc1-c1ccncc1. The number of carbonyl (C=O) groups excluding carboxylic acids is 2. The van der Waals surface area contributed by atoms with Crippen LogP contribution in [0.1, 0.15) is 31.4 Å². The molecule has 0 bridgehead atoms. The summed E-state index contributed by atoms with van der Waals surface area (Å²) in [5, 5.41) is 14.5. The zero-order valence-electron chi connectivity index (χ0n) is 20.6. The third-order valence-electron chi connectivity index (χ3n) is 5.35. The van der Waals surface area contributed by atoms with E-state index in [1.165, 1.54) is 11.8 Å². The van der Waals surface area contributed by atoms with Crippen LogP contribution in [-0.4, -0.2) is 56.6 Å². The number of hydrogen-bond acceptors (Lipinski definition) is 7. The summed E-state index contributed by atoms with van der Waals surface area (Å²) in [6.45, 7) is 9.45. The van der Waals surface area contributed by atoms with Gasteiger partial charge < -0.3 is 19.9 Å². The van der Waals surface area contributed by atoms with Gasteiger partial charge in [0.05, 0.1) is 11.8 Å². The van der Waals surface area contributed by atoms with Gasteiger partial charge in [0.1, 0.15) is 0 Å². The Labute approximate surface area is 210 Å². The number of aromatic nitrogens is 4. The van der Waals surface area contributed by atoms with Crippen LogP contribution in [0.25, 0.3) is 11.4 Å². The van der Waals surface area contributed by atoms with Crippen LogP contribution in [-0.2, 0) is 20.9 Å². The molecular weight excluding hydrogens is 464 g/mol. The molecule has 35 heavy (non-hydrogen) atoms. The van der Waals surface area contributed by atoms with E-state index in [2.05, 4.69) is 25.8 Å². The summed E-state index contributed by atoms with van der Waals surface area (Å²) in [6.07, 6.45) is 4.21. The lowest BCUT2D eigenvalue weighted by molar-refractivity contribution is -0.123. The van der Waals surface area contributed by atoms with Gasteiger partial charge in [0.25, 0.3) is 0 Å². The van der Waals surface area contributed by atoms with Crippen molar-refractivity contribution in [3.63, 3.8) is 0 Å². The number of benzene rings is 1. The molecule has 186 valence electrons. The zero-order valence-corrected chi connectivity index (χ0v) is 21.4. The fraction of sp³-hybridized carbons (Fsp3) is 0.400. The molecule has 0 saturated heterocycles. The molecule has 0 spiro atoms. The molecular formula is C25H32N6O3S. The monoisotopic (exact) mass is 496 g/mol. The number of nitrogens with zero attached hydrogens (tertiary/aromatic N) is 4. The number of pyridine rings is 1. The Morgan fingerprint density at radius 2 is 1.83 bits per heavy atom. The number of anilines is 1. The van der Waals surface area contributed by atoms with Crippen LogP contribution in [0.4, 0.5) is 5.69 Å². The van der Waals surface area contributed by atoms with Gasteiger partial charge in [-0.1, -0.05) is 30.0 Å². The van der Waals surface area contributed by atoms with Gasteiger partial charge in [-0.25, -0.2) is 0 Å². The van der Waals surface area contributed by atoms with Gasteiger partial charge in [-0.3, -0.25) is 14.6 Å². The maximum absolute atomic E-state index is 12.7. The normalized spacial score (nSPS) is 11.8. The molecule has 0 fully saturated rings. The Bertz CT molecular complexity index is 1120. The third kappa shape index (κ3) is 7.37. The van der Waals surface area contributed by atoms with Crippen molar-refractivity contribution in [2.24, 2.45) is 0 Å². The fourth-order valence-electron chi connectivity index (χ4n) is 3.48. The summed E-state index contributed by atoms with van der Waals surface area (Å²) in [4.78, 5) is 29.2. The van der Waals surface area contributed by atoms with Crippen molar-refractivity contribution >= 4 is 29.3 Å². The summed E-state index contributed by atoms with van der Waals surface area (Å²) in [7, 11) is 0. The standard InChI is InChI=1S/C25H32N6O3S/c1-5-34-15-7-14-31-23(20-10-12-26-13-11-20)29-30-25(31)35-19(4)24(33)27-16-21(32)28-22-17(2)8-6-9-18(22)3/h6,8-13,19H,5,7,14-16H2,1-4H3,(H,27,33)(H,28,32)/t19-/m1/s1. The predicted molar refractivity (Wildman–Crippen MR) is 137 cm³/mol. The maximum Gasteiger partial charge on any atom is 0.243 e. The van der Waals surface area contributed by atoms with E-state index in [1.807, 2.05) is 55.7 Å². The van der Waals surface area contributed by atoms with E-state index >= 15 is 0 Å². The molecule has 3 aromatic rings. The number of carbonyl (C=O) groups is 2. The van der Waals surface area contributed by atoms with Crippen molar-refractivity contribution in [2.75, 3.05) is 25.1 Å². The Hall–Kier alpha value is -3.24. The summed E-state index contributed by atoms with van der Waals surface area (Å²) < 4.78 is 7.47. The molecule has 2 amide bonds. The smallest absolute Gasteiger partial charge is 0.243 e. The highest BCUT2D eigenvalue weighted by Crippen LogP contribution is 2.27. The minimum absolute atomic E-state index is 0.110. The molecule has 10 heteroatoms. The van der Waals surface area contributed by atoms with Crippen molar-refractivity contribution in [2.45, 2.75) is 51.1 Å². The molecule has 1 atom stereocenters. The Balaban J connectivity index is 1.62. The first kappa shape index (κ1) is 26.4. The maximum atomic E-state index is 12.7. The van der Waals surface area contributed by atoms with E-state index in [9.17, 15) is 9.59 Å². The topological polar surface area (TPSA) is 111 Å². The molecule has 0 saturated carbocycles. The van der Waals surface area contributed by atoms with Crippen LogP contribution in [0.15, 0.2) is 47.9 Å². The van der Waals surface area contributed by atoms with Crippen LogP contribution in [0.2, 0.25) is 0 Å². The quantitative estimate of drug-likeness (QED) is 0.291. The summed E-state index contributed by atoms with van der Waals surface area (Å²) in [5.74, 6) is 0.194. The number of rotatable bonds is 12. The molecule has 0 aliphatic carbocycles. The van der Waals surface area contributed by atoms with Gasteiger partial charge in [-0.05, 0) is 57.4 Å². The first-order chi connectivity index (χ1) is 16.9. The number of para-hydroxylation sites is 1. The highest BCUT2D eigenvalue weighted by atomic mass is 32.2. The van der Waals surface area contributed by atoms with Gasteiger partial charge in [0.2, 0.25) is 11.8 Å². The minimum atomic E-state index is -0.469. The van der Waals surface area contributed by atoms with Gasteiger partial charge >= 0.3 is 0 Å². The lowest BCUT2D eigenvalue weighted by Crippen LogP contribution is -2.37. The second-order valence-electron chi connectivity index (χ2n) is 8.04. The van der Waals surface area contributed by atoms with E-state index in [0.717, 1.165) is 28.8 Å². The van der Waals surface area contributed by atoms with Crippen molar-refractivity contribution < 1.29 is 14.3 Å². The van der Waals surface area contributed by atoms with E-state index in [4.69, 9.17) is 4.74 Å². The average molecular weight is 497 g/mol. The first-order valence-electron chi connectivity index (χ1n) is 11.6. The molecule has 0 unspecified atom stereocenters. The summed E-state index contributed by atoms with van der Waals surface area (Å²) in [5.41, 5.74) is 3.62. The van der Waals surface area contributed by atoms with E-state index in [0.29, 0.717) is 30.7 Å². The second-order valence-corrected chi connectivity index (χ2v) is 9.35. The zero-order chi connectivity index (χ0) is 25.2. The van der Waals surface area contributed by atoms with Crippen LogP contribution in [0.5, 0.6) is 0 Å². The van der Waals surface area contributed by atoms with Crippen molar-refractivity contribution in [3.05, 3.63) is 53.9 Å². The number of thioether (sulfide) groups is 1. The summed E-state index contributed by atoms with van der Waals surface area (Å²) in [6, 6.07) is 9.57. The molecule has 0 aliphatic rings. The number of aryl methyl sites for hydroxylation is 2. The molecule has 3 rings (SSSR count). The van der Waals surface area contributed by atoms with Gasteiger partial charge in [-0.2, -0.15) is 0 Å². The van der Waals surface area contributed by atoms with Crippen LogP contribution in [0, 0.1) is 13.8 Å². The predicted octanol–water partition coefficient (Wildman–Crippen LogP) is 3.62. The molecule has 0 radical (unpaired) electrons. The van der Waals surface area contributed by atoms with Crippen LogP contribution >= 0.6 is 11.8 Å². The number of ether oxygens (including phenoxy) is 1. The van der Waals surface area contributed by atoms with E-state index in [-0.39, 0.29) is 18.4 Å². The lowest BCUT2D eigenvalue weighted by atomic mass is 10.1. The van der Waals surface area contributed by atoms with Gasteiger partial charge in [0, 0.05) is 43.4 Å². The average Bonchev–Trinajstić information content (AvgIpc) is 3.25. The van der Waals surface area contributed by atoms with E-state index in [1.54, 1.807) is 19.3 Å². The molecule has 9 nitrogen and oxygen atoms in total. The van der Waals surface area contributed by atoms with Gasteiger partial charge in [-0.15, -0.1) is 10.2 Å². The van der Waals surface area contributed by atoms with Crippen molar-refractivity contribution in [1.82, 2.24) is 25.1 Å². The van der Waals surface area contributed by atoms with Crippen LogP contribution < -0.4 is 10.6 Å². The molecule has 0 aliphatic heterocycles. The third-order valence-corrected chi connectivity index (χ3v) is 6.43. The highest BCUT2D eigenvalue weighted by Gasteiger charge is 2.21. The van der Waals surface area contributed by atoms with Gasteiger partial charge in [0.15, 0.2) is 11.0 Å². The highest BCUT2D eigenvalue weighted by molar-refractivity contribution is 8.00. The van der Waals surface area contributed by atoms with Crippen molar-refractivity contribution in [1.29, 1.82) is 0 Å². The number of nitrogens with one attached hydrogen (secondary N) is 2. The molecule has 2 heterocycles. The molecule has 1 aromatic carbocycles. The Kier molecular flexibility index (Phi) is 9.80. The minimum Gasteiger partial charge on any atom is -0.382 e. The van der Waals surface area contributed by atoms with E-state index < -0.39 is 5.25 Å². The van der Waals surface area contributed by atoms with Crippen LogP contribution in [0.3, 0.4) is 0 Å². The molecule has 2 N–H and O–H groups in total. The Morgan fingerprint density at radius 3 is 2.51 bits per heavy atom. The second kappa shape index (κ2) is 13.0. The first-order valence-corrected chi connectivity index (χ1v) is 12.5. The lowest BCUT2D eigenvalue weighted by Gasteiger charge is -2.15. The fourth-order valence-corrected chi connectivity index (χ4v) is 4.38. The summed E-state index contributed by atoms with van der Waals surface area (Å²) >= 11 is 1.31. The number of amides is 2. The Morgan fingerprint density at radius 1 is 1.11 bits per heavy atom.